The fraction of sp³-hybridized carbons (Fsp3) is 0.846. The van der Waals surface area contributed by atoms with Gasteiger partial charge in [-0.05, 0) is 25.2 Å². The van der Waals surface area contributed by atoms with Gasteiger partial charge in [-0.1, -0.05) is 39.0 Å². The van der Waals surface area contributed by atoms with E-state index in [2.05, 4.69) is 17.5 Å². The highest BCUT2D eigenvalue weighted by Gasteiger charge is 2.10. The fourth-order valence-corrected chi connectivity index (χ4v) is 2.09. The smallest absolute Gasteiger partial charge is 0.240 e. The standard InChI is InChI=1S/C13H24N2O/c1-2-3-5-10-13(16)15-14-11-12-8-6-4-7-9-12/h11-12H,2-10H2,1H3,(H,15,16). The average Bonchev–Trinajstić information content (AvgIpc) is 2.31. The summed E-state index contributed by atoms with van der Waals surface area (Å²) in [5, 5.41) is 4.05. The Balaban J connectivity index is 2.07. The Morgan fingerprint density at radius 1 is 1.31 bits per heavy atom. The molecule has 0 aromatic carbocycles. The molecular weight excluding hydrogens is 200 g/mol. The zero-order chi connectivity index (χ0) is 11.6. The topological polar surface area (TPSA) is 41.5 Å². The summed E-state index contributed by atoms with van der Waals surface area (Å²) in [5.41, 5.74) is 2.62. The van der Waals surface area contributed by atoms with Crippen molar-refractivity contribution in [1.29, 1.82) is 0 Å². The maximum absolute atomic E-state index is 11.3. The van der Waals surface area contributed by atoms with Gasteiger partial charge in [0.1, 0.15) is 0 Å². The molecule has 1 rings (SSSR count). The van der Waals surface area contributed by atoms with Gasteiger partial charge in [0.15, 0.2) is 0 Å². The predicted molar refractivity (Wildman–Crippen MR) is 67.4 cm³/mol. The van der Waals surface area contributed by atoms with Crippen molar-refractivity contribution >= 4 is 12.1 Å². The van der Waals surface area contributed by atoms with Gasteiger partial charge < -0.3 is 0 Å². The number of carbonyl (C=O) groups is 1. The first kappa shape index (κ1) is 13.2. The second-order valence-corrected chi connectivity index (χ2v) is 4.67. The molecule has 1 amide bonds. The number of nitrogens with one attached hydrogen (secondary N) is 1. The number of hydrazone groups is 1. The highest BCUT2D eigenvalue weighted by Crippen LogP contribution is 2.21. The molecule has 3 heteroatoms. The average molecular weight is 224 g/mol. The van der Waals surface area contributed by atoms with E-state index in [0.717, 1.165) is 19.3 Å². The van der Waals surface area contributed by atoms with E-state index in [0.29, 0.717) is 12.3 Å². The third kappa shape index (κ3) is 5.89. The lowest BCUT2D eigenvalue weighted by Gasteiger charge is -2.16. The summed E-state index contributed by atoms with van der Waals surface area (Å²) in [6, 6.07) is 0. The number of nitrogens with zero attached hydrogens (tertiary/aromatic N) is 1. The summed E-state index contributed by atoms with van der Waals surface area (Å²) in [5.74, 6) is 0.644. The van der Waals surface area contributed by atoms with Crippen molar-refractivity contribution in [3.8, 4) is 0 Å². The SMILES string of the molecule is CCCCCC(=O)NN=CC1CCCCC1. The summed E-state index contributed by atoms with van der Waals surface area (Å²) in [4.78, 5) is 11.3. The maximum atomic E-state index is 11.3. The summed E-state index contributed by atoms with van der Waals surface area (Å²) in [6.07, 6.45) is 12.2. The highest BCUT2D eigenvalue weighted by molar-refractivity contribution is 5.76. The van der Waals surface area contributed by atoms with Gasteiger partial charge in [-0.25, -0.2) is 5.43 Å². The number of carbonyl (C=O) groups excluding carboxylic acids is 1. The van der Waals surface area contributed by atoms with Gasteiger partial charge in [0.25, 0.3) is 0 Å². The van der Waals surface area contributed by atoms with Crippen LogP contribution >= 0.6 is 0 Å². The van der Waals surface area contributed by atoms with Crippen LogP contribution in [0.1, 0.15) is 64.7 Å². The molecule has 0 atom stereocenters. The van der Waals surface area contributed by atoms with E-state index in [1.165, 1.54) is 32.1 Å². The zero-order valence-electron chi connectivity index (χ0n) is 10.4. The van der Waals surface area contributed by atoms with E-state index in [1.54, 1.807) is 0 Å². The number of amides is 1. The van der Waals surface area contributed by atoms with E-state index < -0.39 is 0 Å². The maximum Gasteiger partial charge on any atom is 0.240 e. The third-order valence-electron chi connectivity index (χ3n) is 3.13. The molecule has 0 radical (unpaired) electrons. The number of unbranched alkanes of at least 4 members (excludes halogenated alkanes) is 2. The Morgan fingerprint density at radius 3 is 2.75 bits per heavy atom. The molecule has 1 N–H and O–H groups in total. The minimum Gasteiger partial charge on any atom is -0.273 e. The molecule has 3 nitrogen and oxygen atoms in total. The molecule has 0 unspecified atom stereocenters. The summed E-state index contributed by atoms with van der Waals surface area (Å²) in [7, 11) is 0. The minimum atomic E-state index is 0.0560. The van der Waals surface area contributed by atoms with Gasteiger partial charge in [0.05, 0.1) is 0 Å². The number of hydrogen-bond acceptors (Lipinski definition) is 2. The quantitative estimate of drug-likeness (QED) is 0.420. The number of rotatable bonds is 6. The second-order valence-electron chi connectivity index (χ2n) is 4.67. The van der Waals surface area contributed by atoms with Crippen LogP contribution in [0.2, 0.25) is 0 Å². The normalized spacial score (nSPS) is 17.8. The van der Waals surface area contributed by atoms with Crippen molar-refractivity contribution in [3.05, 3.63) is 0 Å². The van der Waals surface area contributed by atoms with Crippen LogP contribution in [0.15, 0.2) is 5.10 Å². The Hall–Kier alpha value is -0.860. The van der Waals surface area contributed by atoms with Gasteiger partial charge >= 0.3 is 0 Å². The first-order valence-corrected chi connectivity index (χ1v) is 6.65. The lowest BCUT2D eigenvalue weighted by Crippen LogP contribution is -2.18. The third-order valence-corrected chi connectivity index (χ3v) is 3.13. The largest absolute Gasteiger partial charge is 0.273 e. The Labute approximate surface area is 98.7 Å². The van der Waals surface area contributed by atoms with E-state index in [1.807, 2.05) is 6.21 Å². The second kappa shape index (κ2) is 8.31. The van der Waals surface area contributed by atoms with Crippen LogP contribution < -0.4 is 5.43 Å². The number of hydrogen-bond donors (Lipinski definition) is 1. The van der Waals surface area contributed by atoms with E-state index in [-0.39, 0.29) is 5.91 Å². The molecule has 92 valence electrons. The molecular formula is C13H24N2O. The van der Waals surface area contributed by atoms with Gasteiger partial charge in [0.2, 0.25) is 5.91 Å². The van der Waals surface area contributed by atoms with Crippen molar-refractivity contribution in [1.82, 2.24) is 5.43 Å². The van der Waals surface area contributed by atoms with Gasteiger partial charge in [-0.2, -0.15) is 5.10 Å². The molecule has 1 aliphatic rings. The molecule has 0 bridgehead atoms. The summed E-state index contributed by atoms with van der Waals surface area (Å²) in [6.45, 7) is 2.14. The van der Waals surface area contributed by atoms with Crippen LogP contribution in [0.3, 0.4) is 0 Å². The summed E-state index contributed by atoms with van der Waals surface area (Å²) >= 11 is 0. The van der Waals surface area contributed by atoms with Crippen LogP contribution in [0, 0.1) is 5.92 Å². The first-order valence-electron chi connectivity index (χ1n) is 6.65. The monoisotopic (exact) mass is 224 g/mol. The summed E-state index contributed by atoms with van der Waals surface area (Å²) < 4.78 is 0. The van der Waals surface area contributed by atoms with Crippen LogP contribution in [-0.2, 0) is 4.79 Å². The Bertz CT molecular complexity index is 220. The van der Waals surface area contributed by atoms with Crippen LogP contribution in [0.5, 0.6) is 0 Å². The van der Waals surface area contributed by atoms with Crippen LogP contribution in [-0.4, -0.2) is 12.1 Å². The van der Waals surface area contributed by atoms with E-state index in [4.69, 9.17) is 0 Å². The molecule has 0 aromatic heterocycles. The molecule has 0 heterocycles. The lowest BCUT2D eigenvalue weighted by molar-refractivity contribution is -0.121. The van der Waals surface area contributed by atoms with Crippen molar-refractivity contribution in [3.63, 3.8) is 0 Å². The molecule has 16 heavy (non-hydrogen) atoms. The molecule has 0 aromatic rings. The predicted octanol–water partition coefficient (Wildman–Crippen LogP) is 3.25. The Kier molecular flexibility index (Phi) is 6.86. The van der Waals surface area contributed by atoms with Crippen molar-refractivity contribution in [2.75, 3.05) is 0 Å². The van der Waals surface area contributed by atoms with Crippen molar-refractivity contribution in [2.24, 2.45) is 11.0 Å². The Morgan fingerprint density at radius 2 is 2.06 bits per heavy atom. The molecule has 1 aliphatic carbocycles. The zero-order valence-corrected chi connectivity index (χ0v) is 10.4. The van der Waals surface area contributed by atoms with Gasteiger partial charge in [0, 0.05) is 12.6 Å². The van der Waals surface area contributed by atoms with E-state index >= 15 is 0 Å². The molecule has 0 spiro atoms. The first-order chi connectivity index (χ1) is 7.83. The molecule has 0 aliphatic heterocycles. The van der Waals surface area contributed by atoms with Gasteiger partial charge in [-0.15, -0.1) is 0 Å². The van der Waals surface area contributed by atoms with Gasteiger partial charge in [-0.3, -0.25) is 4.79 Å². The minimum absolute atomic E-state index is 0.0560. The van der Waals surface area contributed by atoms with Crippen molar-refractivity contribution in [2.45, 2.75) is 64.7 Å². The highest BCUT2D eigenvalue weighted by atomic mass is 16.2. The van der Waals surface area contributed by atoms with Crippen molar-refractivity contribution < 1.29 is 4.79 Å². The van der Waals surface area contributed by atoms with Crippen LogP contribution in [0.4, 0.5) is 0 Å². The fourth-order valence-electron chi connectivity index (χ4n) is 2.09. The lowest BCUT2D eigenvalue weighted by atomic mass is 9.90. The molecule has 0 saturated heterocycles. The van der Waals surface area contributed by atoms with Crippen LogP contribution in [0.25, 0.3) is 0 Å². The van der Waals surface area contributed by atoms with E-state index in [9.17, 15) is 4.79 Å². The molecule has 1 fully saturated rings. The molecule has 1 saturated carbocycles.